The van der Waals surface area contributed by atoms with Crippen LogP contribution in [0.15, 0.2) is 66.7 Å². The zero-order valence-electron chi connectivity index (χ0n) is 17.7. The third kappa shape index (κ3) is 2.59. The van der Waals surface area contributed by atoms with E-state index >= 15 is 0 Å². The van der Waals surface area contributed by atoms with E-state index in [1.165, 1.54) is 33.4 Å². The summed E-state index contributed by atoms with van der Waals surface area (Å²) in [6, 6.07) is 18.0. The van der Waals surface area contributed by atoms with Gasteiger partial charge in [0.15, 0.2) is 0 Å². The molecule has 1 aliphatic heterocycles. The molecule has 32 heavy (non-hydrogen) atoms. The number of allylic oxidation sites excluding steroid dienone is 2. The molecule has 4 aromatic rings. The molecule has 1 aromatic heterocycles. The zero-order valence-corrected chi connectivity index (χ0v) is 17.7. The van der Waals surface area contributed by atoms with Gasteiger partial charge in [-0.3, -0.25) is 10.1 Å². The van der Waals surface area contributed by atoms with Crippen molar-refractivity contribution in [2.24, 2.45) is 5.92 Å². The van der Waals surface area contributed by atoms with E-state index in [2.05, 4.69) is 71.4 Å². The number of phenols is 1. The van der Waals surface area contributed by atoms with Crippen LogP contribution in [0.1, 0.15) is 36.4 Å². The molecular formula is C26H23N3O3. The van der Waals surface area contributed by atoms with Crippen LogP contribution in [0.3, 0.4) is 0 Å². The number of benzene rings is 3. The van der Waals surface area contributed by atoms with Gasteiger partial charge >= 0.3 is 0 Å². The molecule has 2 N–H and O–H groups in total. The first-order chi connectivity index (χ1) is 15.6. The van der Waals surface area contributed by atoms with E-state index in [1.807, 2.05) is 0 Å². The average Bonchev–Trinajstić information content (AvgIpc) is 3.41. The Labute approximate surface area is 184 Å². The Morgan fingerprint density at radius 2 is 1.94 bits per heavy atom. The number of fused-ring (bicyclic) bond motifs is 6. The quantitative estimate of drug-likeness (QED) is 0.176. The molecule has 3 unspecified atom stereocenters. The van der Waals surface area contributed by atoms with Crippen molar-refractivity contribution >= 4 is 33.2 Å². The highest BCUT2D eigenvalue weighted by Gasteiger charge is 2.40. The molecule has 0 fully saturated rings. The van der Waals surface area contributed by atoms with Crippen molar-refractivity contribution in [3.05, 3.63) is 88.0 Å². The van der Waals surface area contributed by atoms with E-state index in [9.17, 15) is 15.2 Å². The molecule has 2 heterocycles. The minimum Gasteiger partial charge on any atom is -0.506 e. The van der Waals surface area contributed by atoms with E-state index in [0.29, 0.717) is 5.69 Å². The Bertz CT molecular complexity index is 1440. The summed E-state index contributed by atoms with van der Waals surface area (Å²) in [5, 5.41) is 28.0. The lowest BCUT2D eigenvalue weighted by Gasteiger charge is -2.37. The Hall–Kier alpha value is -3.80. The monoisotopic (exact) mass is 425 g/mol. The fourth-order valence-corrected chi connectivity index (χ4v) is 5.71. The van der Waals surface area contributed by atoms with Gasteiger partial charge in [0.2, 0.25) is 0 Å². The molecule has 0 saturated heterocycles. The molecule has 160 valence electrons. The second-order valence-corrected chi connectivity index (χ2v) is 8.70. The summed E-state index contributed by atoms with van der Waals surface area (Å²) in [7, 11) is 0. The Kier molecular flexibility index (Phi) is 4.05. The fraction of sp³-hybridized carbons (Fsp3) is 0.231. The summed E-state index contributed by atoms with van der Waals surface area (Å²) in [6.07, 6.45) is 5.17. The lowest BCUT2D eigenvalue weighted by molar-refractivity contribution is -0.385. The summed E-state index contributed by atoms with van der Waals surface area (Å²) in [5.74, 6) is 0.206. The van der Waals surface area contributed by atoms with Crippen molar-refractivity contribution in [2.75, 3.05) is 5.32 Å². The first-order valence-electron chi connectivity index (χ1n) is 11.0. The van der Waals surface area contributed by atoms with Gasteiger partial charge in [-0.2, -0.15) is 0 Å². The number of nitrogens with one attached hydrogen (secondary N) is 1. The van der Waals surface area contributed by atoms with Gasteiger partial charge in [0, 0.05) is 40.3 Å². The number of anilines is 1. The van der Waals surface area contributed by atoms with Crippen molar-refractivity contribution in [3.8, 4) is 5.75 Å². The van der Waals surface area contributed by atoms with Gasteiger partial charge < -0.3 is 15.0 Å². The topological polar surface area (TPSA) is 80.3 Å². The second kappa shape index (κ2) is 6.85. The van der Waals surface area contributed by atoms with Crippen molar-refractivity contribution in [1.82, 2.24) is 4.57 Å². The maximum Gasteiger partial charge on any atom is 0.273 e. The third-order valence-corrected chi connectivity index (χ3v) is 7.12. The number of nitro benzene ring substituents is 1. The van der Waals surface area contributed by atoms with Crippen LogP contribution < -0.4 is 5.32 Å². The van der Waals surface area contributed by atoms with Crippen molar-refractivity contribution in [1.29, 1.82) is 0 Å². The van der Waals surface area contributed by atoms with Gasteiger partial charge in [-0.15, -0.1) is 0 Å². The highest BCUT2D eigenvalue weighted by atomic mass is 16.6. The number of hydrogen-bond acceptors (Lipinski definition) is 4. The minimum atomic E-state index is -0.447. The number of nitrogens with zero attached hydrogens (tertiary/aromatic N) is 2. The summed E-state index contributed by atoms with van der Waals surface area (Å²) in [5.41, 5.74) is 4.94. The second-order valence-electron chi connectivity index (χ2n) is 8.70. The van der Waals surface area contributed by atoms with E-state index in [4.69, 9.17) is 0 Å². The lowest BCUT2D eigenvalue weighted by Crippen LogP contribution is -2.29. The lowest BCUT2D eigenvalue weighted by atomic mass is 9.76. The van der Waals surface area contributed by atoms with Gasteiger partial charge in [-0.25, -0.2) is 0 Å². The fourth-order valence-electron chi connectivity index (χ4n) is 5.71. The summed E-state index contributed by atoms with van der Waals surface area (Å²) in [6.45, 7) is 3.07. The first-order valence-corrected chi connectivity index (χ1v) is 11.0. The Balaban J connectivity index is 1.51. The molecule has 0 saturated carbocycles. The summed E-state index contributed by atoms with van der Waals surface area (Å²) < 4.78 is 2.34. The molecule has 0 spiro atoms. The molecule has 0 bridgehead atoms. The molecule has 6 nitrogen and oxygen atoms in total. The van der Waals surface area contributed by atoms with Crippen molar-refractivity contribution in [2.45, 2.75) is 31.8 Å². The van der Waals surface area contributed by atoms with Crippen LogP contribution in [0.25, 0.3) is 21.8 Å². The normalized spacial score (nSPS) is 21.5. The number of aromatic nitrogens is 1. The van der Waals surface area contributed by atoms with Gasteiger partial charge in [0.1, 0.15) is 5.75 Å². The van der Waals surface area contributed by atoms with Crippen LogP contribution in [-0.2, 0) is 6.54 Å². The van der Waals surface area contributed by atoms with Crippen LogP contribution in [0.2, 0.25) is 0 Å². The molecule has 6 heteroatoms. The van der Waals surface area contributed by atoms with E-state index in [0.717, 1.165) is 18.5 Å². The van der Waals surface area contributed by atoms with Crippen LogP contribution in [0, 0.1) is 16.0 Å². The number of hydrogen-bond donors (Lipinski definition) is 2. The standard InChI is InChI=1S/C26H23N3O3/c1-2-28-22-9-4-3-6-18(22)20-12-15(10-11-23(20)28)25-19-8-5-7-17(19)21-13-16(29(31)32)14-24(30)26(21)27-25/h3-7,9-14,17,19,25,27,30H,2,8H2,1H3. The van der Waals surface area contributed by atoms with E-state index in [1.54, 1.807) is 6.07 Å². The number of non-ortho nitro benzene ring substituents is 1. The summed E-state index contributed by atoms with van der Waals surface area (Å²) in [4.78, 5) is 10.9. The molecule has 0 radical (unpaired) electrons. The first kappa shape index (κ1) is 18.9. The molecule has 2 aliphatic rings. The molecule has 6 rings (SSSR count). The minimum absolute atomic E-state index is 0.00277. The highest BCUT2D eigenvalue weighted by molar-refractivity contribution is 6.08. The van der Waals surface area contributed by atoms with Gasteiger partial charge in [0.05, 0.1) is 22.7 Å². The van der Waals surface area contributed by atoms with Crippen LogP contribution in [0.5, 0.6) is 5.75 Å². The predicted molar refractivity (Wildman–Crippen MR) is 126 cm³/mol. The average molecular weight is 425 g/mol. The highest BCUT2D eigenvalue weighted by Crippen LogP contribution is 2.53. The number of aromatic hydroxyl groups is 1. The SMILES string of the molecule is CCn1c2ccccc2c2cc(C3Nc4c(O)cc([N+](=O)[O-])cc4C4C=CCC43)ccc21. The number of aryl methyl sites for hydroxylation is 1. The Morgan fingerprint density at radius 1 is 1.12 bits per heavy atom. The molecule has 3 aromatic carbocycles. The summed E-state index contributed by atoms with van der Waals surface area (Å²) >= 11 is 0. The Morgan fingerprint density at radius 3 is 2.75 bits per heavy atom. The smallest absolute Gasteiger partial charge is 0.273 e. The number of para-hydroxylation sites is 1. The molecule has 0 amide bonds. The number of nitro groups is 1. The largest absolute Gasteiger partial charge is 0.506 e. The van der Waals surface area contributed by atoms with E-state index in [-0.39, 0.29) is 29.3 Å². The maximum absolute atomic E-state index is 11.3. The van der Waals surface area contributed by atoms with Gasteiger partial charge in [0.25, 0.3) is 5.69 Å². The van der Waals surface area contributed by atoms with Gasteiger partial charge in [-0.05, 0) is 48.6 Å². The zero-order chi connectivity index (χ0) is 22.0. The molecule has 3 atom stereocenters. The maximum atomic E-state index is 11.3. The molecular weight excluding hydrogens is 402 g/mol. The van der Waals surface area contributed by atoms with Gasteiger partial charge in [-0.1, -0.05) is 36.4 Å². The van der Waals surface area contributed by atoms with Crippen molar-refractivity contribution in [3.63, 3.8) is 0 Å². The predicted octanol–water partition coefficient (Wildman–Crippen LogP) is 6.25. The van der Waals surface area contributed by atoms with Crippen LogP contribution in [-0.4, -0.2) is 14.6 Å². The van der Waals surface area contributed by atoms with E-state index < -0.39 is 4.92 Å². The third-order valence-electron chi connectivity index (χ3n) is 7.12. The van der Waals surface area contributed by atoms with Crippen LogP contribution >= 0.6 is 0 Å². The molecule has 1 aliphatic carbocycles. The number of phenolic OH excluding ortho intramolecular Hbond substituents is 1. The number of rotatable bonds is 3. The van der Waals surface area contributed by atoms with Crippen molar-refractivity contribution < 1.29 is 10.0 Å². The van der Waals surface area contributed by atoms with Crippen LogP contribution in [0.4, 0.5) is 11.4 Å².